The van der Waals surface area contributed by atoms with E-state index in [-0.39, 0.29) is 11.5 Å². The van der Waals surface area contributed by atoms with Crippen molar-refractivity contribution < 1.29 is 19.4 Å². The summed E-state index contributed by atoms with van der Waals surface area (Å²) >= 11 is 0. The number of hydrogen-bond acceptors (Lipinski definition) is 5. The first-order valence-electron chi connectivity index (χ1n) is 9.28. The predicted octanol–water partition coefficient (Wildman–Crippen LogP) is 3.86. The number of phenols is 1. The van der Waals surface area contributed by atoms with Gasteiger partial charge in [0.2, 0.25) is 0 Å². The topological polar surface area (TPSA) is 59.0 Å². The number of anilines is 1. The highest BCUT2D eigenvalue weighted by molar-refractivity contribution is 6.07. The number of carbonyl (C=O) groups excluding carboxylic acids is 1. The number of methoxy groups -OCH3 is 1. The molecule has 1 saturated heterocycles. The summed E-state index contributed by atoms with van der Waals surface area (Å²) in [5, 5.41) is 10.0. The van der Waals surface area contributed by atoms with Gasteiger partial charge >= 0.3 is 0 Å². The molecule has 0 atom stereocenters. The van der Waals surface area contributed by atoms with E-state index in [9.17, 15) is 9.90 Å². The molecule has 2 aromatic carbocycles. The van der Waals surface area contributed by atoms with E-state index in [1.165, 1.54) is 13.2 Å². The number of nitrogens with zero attached hydrogens (tertiary/aromatic N) is 1. The van der Waals surface area contributed by atoms with Gasteiger partial charge in [0.05, 0.1) is 20.3 Å². The number of benzene rings is 2. The highest BCUT2D eigenvalue weighted by Gasteiger charge is 2.12. The van der Waals surface area contributed by atoms with Crippen LogP contribution in [0, 0.1) is 0 Å². The van der Waals surface area contributed by atoms with Gasteiger partial charge in [-0.25, -0.2) is 0 Å². The molecule has 1 aliphatic rings. The molecule has 2 aromatic rings. The van der Waals surface area contributed by atoms with Crippen molar-refractivity contribution in [2.45, 2.75) is 6.42 Å². The fourth-order valence-corrected chi connectivity index (χ4v) is 3.18. The highest BCUT2D eigenvalue weighted by atomic mass is 16.5. The van der Waals surface area contributed by atoms with Crippen molar-refractivity contribution in [2.24, 2.45) is 0 Å². The van der Waals surface area contributed by atoms with E-state index in [0.717, 1.165) is 43.1 Å². The summed E-state index contributed by atoms with van der Waals surface area (Å²) in [5.74, 6) is 0.574. The average molecular weight is 379 g/mol. The maximum absolute atomic E-state index is 12.6. The van der Waals surface area contributed by atoms with Gasteiger partial charge in [-0.05, 0) is 54.5 Å². The molecule has 1 heterocycles. The van der Waals surface area contributed by atoms with Crippen LogP contribution in [0.5, 0.6) is 11.5 Å². The lowest BCUT2D eigenvalue weighted by molar-refractivity contribution is 0.104. The lowest BCUT2D eigenvalue weighted by Crippen LogP contribution is -2.36. The van der Waals surface area contributed by atoms with Crippen molar-refractivity contribution in [1.29, 1.82) is 0 Å². The standard InChI is InChI=1S/C23H25NO4/c1-3-4-18-15-19(23(27-2)16-22(18)26)7-10-21(25)17-5-8-20(9-6-17)24-11-13-28-14-12-24/h3,5-10,15-16,26H,1,4,11-14H2,2H3/b10-7+. The van der Waals surface area contributed by atoms with E-state index in [4.69, 9.17) is 9.47 Å². The van der Waals surface area contributed by atoms with Crippen LogP contribution in [-0.2, 0) is 11.2 Å². The highest BCUT2D eigenvalue weighted by Crippen LogP contribution is 2.30. The second-order valence-corrected chi connectivity index (χ2v) is 6.56. The Morgan fingerprint density at radius 2 is 1.96 bits per heavy atom. The molecule has 3 rings (SSSR count). The van der Waals surface area contributed by atoms with Crippen LogP contribution in [0.15, 0.2) is 55.1 Å². The number of hydrogen-bond donors (Lipinski definition) is 1. The Bertz CT molecular complexity index is 865. The third-order valence-corrected chi connectivity index (χ3v) is 4.74. The minimum atomic E-state index is -0.0890. The van der Waals surface area contributed by atoms with E-state index in [1.807, 2.05) is 24.3 Å². The molecule has 146 valence electrons. The number of ether oxygens (including phenoxy) is 2. The summed E-state index contributed by atoms with van der Waals surface area (Å²) in [7, 11) is 1.53. The monoisotopic (exact) mass is 379 g/mol. The maximum Gasteiger partial charge on any atom is 0.185 e. The van der Waals surface area contributed by atoms with Gasteiger partial charge in [-0.2, -0.15) is 0 Å². The Kier molecular flexibility index (Phi) is 6.50. The van der Waals surface area contributed by atoms with Crippen molar-refractivity contribution in [3.8, 4) is 11.5 Å². The molecule has 1 aliphatic heterocycles. The first-order valence-corrected chi connectivity index (χ1v) is 9.28. The number of ketones is 1. The van der Waals surface area contributed by atoms with Crippen LogP contribution in [-0.4, -0.2) is 44.3 Å². The zero-order chi connectivity index (χ0) is 19.9. The first-order chi connectivity index (χ1) is 13.6. The van der Waals surface area contributed by atoms with Gasteiger partial charge in [0, 0.05) is 36.0 Å². The molecular formula is C23H25NO4. The molecule has 0 bridgehead atoms. The van der Waals surface area contributed by atoms with E-state index < -0.39 is 0 Å². The average Bonchev–Trinajstić information content (AvgIpc) is 2.74. The first kappa shape index (κ1) is 19.7. The number of morpholine rings is 1. The SMILES string of the molecule is C=CCc1cc(/C=C/C(=O)c2ccc(N3CCOCC3)cc2)c(OC)cc1O. The summed E-state index contributed by atoms with van der Waals surface area (Å²) in [6.45, 7) is 6.88. The van der Waals surface area contributed by atoms with Crippen LogP contribution in [0.2, 0.25) is 0 Å². The second-order valence-electron chi connectivity index (χ2n) is 6.56. The van der Waals surface area contributed by atoms with Gasteiger partial charge in [-0.1, -0.05) is 6.08 Å². The van der Waals surface area contributed by atoms with E-state index in [1.54, 1.807) is 24.3 Å². The van der Waals surface area contributed by atoms with E-state index >= 15 is 0 Å². The fraction of sp³-hybridized carbons (Fsp3) is 0.261. The number of carbonyl (C=O) groups is 1. The van der Waals surface area contributed by atoms with Gasteiger partial charge in [0.1, 0.15) is 11.5 Å². The molecule has 0 amide bonds. The quantitative estimate of drug-likeness (QED) is 0.450. The number of allylic oxidation sites excluding steroid dienone is 2. The number of aromatic hydroxyl groups is 1. The Hall–Kier alpha value is -3.05. The van der Waals surface area contributed by atoms with E-state index in [0.29, 0.717) is 17.7 Å². The van der Waals surface area contributed by atoms with Crippen molar-refractivity contribution in [1.82, 2.24) is 0 Å². The molecule has 5 heteroatoms. The van der Waals surface area contributed by atoms with Crippen LogP contribution in [0.3, 0.4) is 0 Å². The van der Waals surface area contributed by atoms with Crippen molar-refractivity contribution in [2.75, 3.05) is 38.3 Å². The molecule has 1 N–H and O–H groups in total. The van der Waals surface area contributed by atoms with Gasteiger partial charge in [-0.15, -0.1) is 6.58 Å². The summed E-state index contributed by atoms with van der Waals surface area (Å²) < 4.78 is 10.7. The molecule has 5 nitrogen and oxygen atoms in total. The minimum Gasteiger partial charge on any atom is -0.508 e. The van der Waals surface area contributed by atoms with Crippen LogP contribution < -0.4 is 9.64 Å². The van der Waals surface area contributed by atoms with Crippen molar-refractivity contribution in [3.63, 3.8) is 0 Å². The van der Waals surface area contributed by atoms with Gasteiger partial charge in [0.25, 0.3) is 0 Å². The lowest BCUT2D eigenvalue weighted by atomic mass is 10.0. The minimum absolute atomic E-state index is 0.0890. The summed E-state index contributed by atoms with van der Waals surface area (Å²) in [4.78, 5) is 14.8. The molecule has 1 fully saturated rings. The predicted molar refractivity (Wildman–Crippen MR) is 111 cm³/mol. The third-order valence-electron chi connectivity index (χ3n) is 4.74. The Morgan fingerprint density at radius 3 is 2.61 bits per heavy atom. The third kappa shape index (κ3) is 4.61. The molecule has 0 unspecified atom stereocenters. The summed E-state index contributed by atoms with van der Waals surface area (Å²) in [5.41, 5.74) is 3.18. The smallest absolute Gasteiger partial charge is 0.185 e. The van der Waals surface area contributed by atoms with Crippen LogP contribution >= 0.6 is 0 Å². The van der Waals surface area contributed by atoms with Gasteiger partial charge in [-0.3, -0.25) is 4.79 Å². The molecule has 0 spiro atoms. The van der Waals surface area contributed by atoms with E-state index in [2.05, 4.69) is 11.5 Å². The van der Waals surface area contributed by atoms with Crippen LogP contribution in [0.1, 0.15) is 21.5 Å². The molecule has 0 aromatic heterocycles. The van der Waals surface area contributed by atoms with Crippen LogP contribution in [0.25, 0.3) is 6.08 Å². The Labute approximate surface area is 165 Å². The maximum atomic E-state index is 12.6. The molecule has 28 heavy (non-hydrogen) atoms. The molecule has 0 aliphatic carbocycles. The molecule has 0 saturated carbocycles. The second kappa shape index (κ2) is 9.24. The van der Waals surface area contributed by atoms with Gasteiger partial charge < -0.3 is 19.5 Å². The largest absolute Gasteiger partial charge is 0.508 e. The lowest BCUT2D eigenvalue weighted by Gasteiger charge is -2.28. The summed E-state index contributed by atoms with van der Waals surface area (Å²) in [6, 6.07) is 11.0. The number of phenolic OH excluding ortho intramolecular Hbond substituents is 1. The Balaban J connectivity index is 1.75. The van der Waals surface area contributed by atoms with Crippen molar-refractivity contribution in [3.05, 3.63) is 71.8 Å². The Morgan fingerprint density at radius 1 is 1.25 bits per heavy atom. The molecule has 0 radical (unpaired) electrons. The molecular weight excluding hydrogens is 354 g/mol. The van der Waals surface area contributed by atoms with Crippen LogP contribution in [0.4, 0.5) is 5.69 Å². The zero-order valence-electron chi connectivity index (χ0n) is 16.1. The zero-order valence-corrected chi connectivity index (χ0v) is 16.1. The fourth-order valence-electron chi connectivity index (χ4n) is 3.18. The number of rotatable bonds is 7. The van der Waals surface area contributed by atoms with Crippen molar-refractivity contribution >= 4 is 17.5 Å². The van der Waals surface area contributed by atoms with Gasteiger partial charge in [0.15, 0.2) is 5.78 Å². The normalized spacial score (nSPS) is 14.2. The summed E-state index contributed by atoms with van der Waals surface area (Å²) in [6.07, 6.45) is 5.49.